The van der Waals surface area contributed by atoms with Crippen molar-refractivity contribution in [3.05, 3.63) is 27.7 Å². The smallest absolute Gasteiger partial charge is 0.205 e. The number of aromatic nitrogens is 2. The molecule has 0 radical (unpaired) electrons. The SMILES string of the molecule is CCc1nnc(NCc2ccc(OC)c(OC)c2Cl)s1. The molecule has 0 amide bonds. The van der Waals surface area contributed by atoms with Gasteiger partial charge in [0.15, 0.2) is 11.5 Å². The van der Waals surface area contributed by atoms with Gasteiger partial charge in [-0.2, -0.15) is 0 Å². The number of ether oxygens (including phenoxy) is 2. The minimum Gasteiger partial charge on any atom is -0.493 e. The molecule has 0 aliphatic rings. The summed E-state index contributed by atoms with van der Waals surface area (Å²) in [5.41, 5.74) is 0.914. The van der Waals surface area contributed by atoms with E-state index in [0.717, 1.165) is 22.1 Å². The Balaban J connectivity index is 2.13. The Morgan fingerprint density at radius 2 is 2.05 bits per heavy atom. The van der Waals surface area contributed by atoms with Gasteiger partial charge in [0.1, 0.15) is 5.01 Å². The minimum absolute atomic E-state index is 0.541. The van der Waals surface area contributed by atoms with Gasteiger partial charge in [0.05, 0.1) is 19.2 Å². The van der Waals surface area contributed by atoms with Crippen molar-refractivity contribution >= 4 is 28.1 Å². The number of methoxy groups -OCH3 is 2. The van der Waals surface area contributed by atoms with E-state index >= 15 is 0 Å². The maximum Gasteiger partial charge on any atom is 0.205 e. The number of benzene rings is 1. The van der Waals surface area contributed by atoms with Crippen LogP contribution in [0.3, 0.4) is 0 Å². The van der Waals surface area contributed by atoms with Gasteiger partial charge in [0, 0.05) is 6.54 Å². The van der Waals surface area contributed by atoms with E-state index in [-0.39, 0.29) is 0 Å². The van der Waals surface area contributed by atoms with Gasteiger partial charge in [-0.25, -0.2) is 0 Å². The first-order valence-electron chi connectivity index (χ1n) is 6.15. The summed E-state index contributed by atoms with van der Waals surface area (Å²) in [5, 5.41) is 13.7. The molecule has 7 heteroatoms. The summed E-state index contributed by atoms with van der Waals surface area (Å²) in [6, 6.07) is 3.73. The lowest BCUT2D eigenvalue weighted by Gasteiger charge is -2.12. The normalized spacial score (nSPS) is 10.4. The zero-order valence-electron chi connectivity index (χ0n) is 11.6. The Labute approximate surface area is 126 Å². The Bertz CT molecular complexity index is 589. The third kappa shape index (κ3) is 3.13. The van der Waals surface area contributed by atoms with Crippen LogP contribution in [0.5, 0.6) is 11.5 Å². The zero-order valence-corrected chi connectivity index (χ0v) is 13.1. The number of nitrogens with one attached hydrogen (secondary N) is 1. The second kappa shape index (κ2) is 6.76. The van der Waals surface area contributed by atoms with Crippen molar-refractivity contribution in [1.29, 1.82) is 0 Å². The summed E-state index contributed by atoms with van der Waals surface area (Å²) in [6.07, 6.45) is 0.885. The molecule has 1 N–H and O–H groups in total. The Morgan fingerprint density at radius 3 is 2.65 bits per heavy atom. The molecule has 2 rings (SSSR count). The number of nitrogens with zero attached hydrogens (tertiary/aromatic N) is 2. The average Bonchev–Trinajstić information content (AvgIpc) is 2.93. The van der Waals surface area contributed by atoms with Crippen LogP contribution >= 0.6 is 22.9 Å². The van der Waals surface area contributed by atoms with Crippen molar-refractivity contribution in [3.8, 4) is 11.5 Å². The van der Waals surface area contributed by atoms with E-state index in [1.54, 1.807) is 25.6 Å². The molecule has 2 aromatic rings. The molecule has 0 aliphatic heterocycles. The Hall–Kier alpha value is -1.53. The first-order chi connectivity index (χ1) is 9.69. The highest BCUT2D eigenvalue weighted by molar-refractivity contribution is 7.15. The van der Waals surface area contributed by atoms with Crippen molar-refractivity contribution in [2.75, 3.05) is 19.5 Å². The van der Waals surface area contributed by atoms with Gasteiger partial charge in [-0.1, -0.05) is 35.9 Å². The monoisotopic (exact) mass is 313 g/mol. The number of hydrogen-bond donors (Lipinski definition) is 1. The fraction of sp³-hybridized carbons (Fsp3) is 0.385. The van der Waals surface area contributed by atoms with E-state index in [0.29, 0.717) is 23.1 Å². The van der Waals surface area contributed by atoms with Crippen LogP contribution in [-0.2, 0) is 13.0 Å². The molecule has 0 fully saturated rings. The van der Waals surface area contributed by atoms with E-state index in [4.69, 9.17) is 21.1 Å². The third-order valence-corrected chi connectivity index (χ3v) is 4.20. The number of hydrogen-bond acceptors (Lipinski definition) is 6. The molecule has 1 aromatic carbocycles. The van der Waals surface area contributed by atoms with Crippen molar-refractivity contribution < 1.29 is 9.47 Å². The van der Waals surface area contributed by atoms with Crippen molar-refractivity contribution in [1.82, 2.24) is 10.2 Å². The van der Waals surface area contributed by atoms with Gasteiger partial charge < -0.3 is 14.8 Å². The summed E-state index contributed by atoms with van der Waals surface area (Å²) < 4.78 is 10.5. The van der Waals surface area contributed by atoms with Crippen LogP contribution in [0.1, 0.15) is 17.5 Å². The van der Waals surface area contributed by atoms with Gasteiger partial charge >= 0.3 is 0 Å². The van der Waals surface area contributed by atoms with E-state index in [1.165, 1.54) is 0 Å². The predicted octanol–water partition coefficient (Wildman–Crippen LogP) is 3.38. The summed E-state index contributed by atoms with van der Waals surface area (Å²) >= 11 is 7.86. The van der Waals surface area contributed by atoms with Gasteiger partial charge in [-0.05, 0) is 18.1 Å². The number of rotatable bonds is 6. The van der Waals surface area contributed by atoms with Crippen LogP contribution in [-0.4, -0.2) is 24.4 Å². The summed E-state index contributed by atoms with van der Waals surface area (Å²) in [4.78, 5) is 0. The molecule has 0 bridgehead atoms. The third-order valence-electron chi connectivity index (χ3n) is 2.76. The standard InChI is InChI=1S/C13H16ClN3O2S/c1-4-10-16-17-13(20-10)15-7-8-5-6-9(18-2)12(19-3)11(8)14/h5-6H,4,7H2,1-3H3,(H,15,17). The maximum atomic E-state index is 6.31. The second-order valence-electron chi connectivity index (χ2n) is 3.98. The first-order valence-corrected chi connectivity index (χ1v) is 7.34. The van der Waals surface area contributed by atoms with E-state index in [2.05, 4.69) is 22.4 Å². The molecule has 0 atom stereocenters. The quantitative estimate of drug-likeness (QED) is 0.886. The van der Waals surface area contributed by atoms with E-state index in [9.17, 15) is 0 Å². The molecule has 0 unspecified atom stereocenters. The van der Waals surface area contributed by atoms with Gasteiger partial charge in [0.25, 0.3) is 0 Å². The molecular weight excluding hydrogens is 298 g/mol. The van der Waals surface area contributed by atoms with Crippen LogP contribution in [0.15, 0.2) is 12.1 Å². The van der Waals surface area contributed by atoms with Crippen LogP contribution in [0.25, 0.3) is 0 Å². The van der Waals surface area contributed by atoms with Crippen LogP contribution in [0.4, 0.5) is 5.13 Å². The summed E-state index contributed by atoms with van der Waals surface area (Å²) in [7, 11) is 3.15. The predicted molar refractivity (Wildman–Crippen MR) is 81.2 cm³/mol. The lowest BCUT2D eigenvalue weighted by molar-refractivity contribution is 0.355. The second-order valence-corrected chi connectivity index (χ2v) is 5.42. The van der Waals surface area contributed by atoms with Crippen LogP contribution in [0, 0.1) is 0 Å². The van der Waals surface area contributed by atoms with E-state index < -0.39 is 0 Å². The fourth-order valence-electron chi connectivity index (χ4n) is 1.71. The lowest BCUT2D eigenvalue weighted by atomic mass is 10.2. The molecule has 0 saturated heterocycles. The molecule has 0 aliphatic carbocycles. The van der Waals surface area contributed by atoms with Crippen LogP contribution < -0.4 is 14.8 Å². The van der Waals surface area contributed by atoms with Gasteiger partial charge in [-0.3, -0.25) is 0 Å². The van der Waals surface area contributed by atoms with Gasteiger partial charge in [0.2, 0.25) is 5.13 Å². The highest BCUT2D eigenvalue weighted by Gasteiger charge is 2.13. The van der Waals surface area contributed by atoms with E-state index in [1.807, 2.05) is 12.1 Å². The topological polar surface area (TPSA) is 56.3 Å². The Morgan fingerprint density at radius 1 is 1.25 bits per heavy atom. The molecule has 1 heterocycles. The lowest BCUT2D eigenvalue weighted by Crippen LogP contribution is -2.01. The highest BCUT2D eigenvalue weighted by Crippen LogP contribution is 2.37. The molecule has 5 nitrogen and oxygen atoms in total. The number of anilines is 1. The highest BCUT2D eigenvalue weighted by atomic mass is 35.5. The molecule has 108 valence electrons. The minimum atomic E-state index is 0.541. The van der Waals surface area contributed by atoms with Crippen molar-refractivity contribution in [3.63, 3.8) is 0 Å². The number of halogens is 1. The summed E-state index contributed by atoms with van der Waals surface area (Å²) in [6.45, 7) is 2.60. The average molecular weight is 314 g/mol. The largest absolute Gasteiger partial charge is 0.493 e. The number of aryl methyl sites for hydroxylation is 1. The fourth-order valence-corrected chi connectivity index (χ4v) is 2.68. The summed E-state index contributed by atoms with van der Waals surface area (Å²) in [5.74, 6) is 1.16. The first kappa shape index (κ1) is 14.9. The Kier molecular flexibility index (Phi) is 5.03. The molecule has 0 spiro atoms. The van der Waals surface area contributed by atoms with Gasteiger partial charge in [-0.15, -0.1) is 10.2 Å². The van der Waals surface area contributed by atoms with Crippen LogP contribution in [0.2, 0.25) is 5.02 Å². The molecule has 20 heavy (non-hydrogen) atoms. The molecule has 1 aromatic heterocycles. The molecule has 0 saturated carbocycles. The maximum absolute atomic E-state index is 6.31. The van der Waals surface area contributed by atoms with Crippen molar-refractivity contribution in [2.24, 2.45) is 0 Å². The molecular formula is C13H16ClN3O2S. The van der Waals surface area contributed by atoms with Crippen molar-refractivity contribution in [2.45, 2.75) is 19.9 Å². The zero-order chi connectivity index (χ0) is 14.5.